The van der Waals surface area contributed by atoms with Gasteiger partial charge in [0.1, 0.15) is 15.1 Å². The van der Waals surface area contributed by atoms with Crippen LogP contribution in [0.15, 0.2) is 91.4 Å². The smallest absolute Gasteiger partial charge is 0.309 e. The van der Waals surface area contributed by atoms with Crippen molar-refractivity contribution in [2.24, 2.45) is 17.8 Å². The molecule has 6 aliphatic heterocycles. The summed E-state index contributed by atoms with van der Waals surface area (Å²) in [5, 5.41) is 21.6. The summed E-state index contributed by atoms with van der Waals surface area (Å²) in [6.07, 6.45) is 10.4. The van der Waals surface area contributed by atoms with Gasteiger partial charge in [-0.2, -0.15) is 15.0 Å². The molecule has 0 aliphatic carbocycles. The molecule has 25 heteroatoms. The monoisotopic (exact) mass is 1250 g/mol. The topological polar surface area (TPSA) is 226 Å². The molecule has 462 valence electrons. The molecule has 0 bridgehead atoms. The van der Waals surface area contributed by atoms with Crippen LogP contribution in [0.2, 0.25) is 15.1 Å². The van der Waals surface area contributed by atoms with Gasteiger partial charge < -0.3 is 75.2 Å². The van der Waals surface area contributed by atoms with E-state index in [2.05, 4.69) is 127 Å². The van der Waals surface area contributed by atoms with E-state index in [1.807, 2.05) is 31.2 Å². The zero-order valence-corrected chi connectivity index (χ0v) is 51.5. The van der Waals surface area contributed by atoms with Crippen LogP contribution < -0.4 is 46.6 Å². The predicted octanol–water partition coefficient (Wildman–Crippen LogP) is 9.98. The van der Waals surface area contributed by atoms with Gasteiger partial charge in [0.15, 0.2) is 17.5 Å². The van der Waals surface area contributed by atoms with Crippen LogP contribution in [0, 0.1) is 17.8 Å². The number of hydrogen-bond donors (Lipinski definition) is 6. The molecular weight excluding hydrogens is 1170 g/mol. The SMILES string of the molecule is CCOC(=O)C1CCN(c2ccc(Nc3ncc(Cl)c(NC[C@@H]4CC(C5CN(C)CCN5c5ccc(Nc6ncc(Cl)c(NC[C@@H]7CC(C8CN(c9ccc(Nc%10ncc(Cl)c(NC[C@@H]%11CCCO%11)n%10)cc9)CCO8)CO7)n6)cc5)CO4)n3)cc2)CC1. The summed E-state index contributed by atoms with van der Waals surface area (Å²) in [7, 11) is 2.19. The Balaban J connectivity index is 0.584. The van der Waals surface area contributed by atoms with Gasteiger partial charge in [0, 0.05) is 124 Å². The second kappa shape index (κ2) is 28.6. The van der Waals surface area contributed by atoms with Crippen molar-refractivity contribution in [1.82, 2.24) is 34.8 Å². The Labute approximate surface area is 523 Å². The van der Waals surface area contributed by atoms with Crippen molar-refractivity contribution in [3.05, 3.63) is 106 Å². The Morgan fingerprint density at radius 2 is 1.07 bits per heavy atom. The molecule has 6 aliphatic rings. The van der Waals surface area contributed by atoms with E-state index in [0.717, 1.165) is 125 Å². The lowest BCUT2D eigenvalue weighted by molar-refractivity contribution is -0.148. The van der Waals surface area contributed by atoms with Gasteiger partial charge in [-0.15, -0.1) is 0 Å². The lowest BCUT2D eigenvalue weighted by atomic mass is 9.92. The number of piperazine rings is 1. The molecule has 6 N–H and O–H groups in total. The number of halogens is 3. The van der Waals surface area contributed by atoms with Crippen LogP contribution in [-0.4, -0.2) is 177 Å². The average molecular weight is 1250 g/mol. The Hall–Kier alpha value is -6.76. The zero-order valence-electron chi connectivity index (χ0n) is 49.2. The van der Waals surface area contributed by atoms with Gasteiger partial charge in [0.2, 0.25) is 17.8 Å². The largest absolute Gasteiger partial charge is 0.466 e. The van der Waals surface area contributed by atoms with Crippen molar-refractivity contribution in [2.45, 2.75) is 75.9 Å². The highest BCUT2D eigenvalue weighted by atomic mass is 35.5. The highest BCUT2D eigenvalue weighted by Gasteiger charge is 2.39. The number of carbonyl (C=O) groups is 1. The second-order valence-corrected chi connectivity index (χ2v) is 24.5. The minimum atomic E-state index is -0.0882. The third-order valence-electron chi connectivity index (χ3n) is 17.3. The molecule has 6 aromatic rings. The first kappa shape index (κ1) is 60.5. The first-order chi connectivity index (χ1) is 42.5. The van der Waals surface area contributed by atoms with Crippen LogP contribution in [0.1, 0.15) is 45.4 Å². The number of nitrogens with one attached hydrogen (secondary N) is 6. The van der Waals surface area contributed by atoms with Gasteiger partial charge in [-0.25, -0.2) is 15.0 Å². The number of likely N-dealkylation sites (N-methyl/N-ethyl adjacent to an activating group) is 1. The molecule has 0 radical (unpaired) electrons. The number of hydrogen-bond acceptors (Lipinski definition) is 22. The molecule has 0 saturated carbocycles. The van der Waals surface area contributed by atoms with Gasteiger partial charge in [-0.1, -0.05) is 34.8 Å². The van der Waals surface area contributed by atoms with E-state index in [1.54, 1.807) is 18.6 Å². The highest BCUT2D eigenvalue weighted by Crippen LogP contribution is 2.35. The third-order valence-corrected chi connectivity index (χ3v) is 18.1. The minimum absolute atomic E-state index is 0.0169. The van der Waals surface area contributed by atoms with Crippen LogP contribution in [0.3, 0.4) is 0 Å². The Morgan fingerprint density at radius 3 is 1.60 bits per heavy atom. The molecule has 0 spiro atoms. The fraction of sp³-hybridized carbons (Fsp3) is 0.500. The van der Waals surface area contributed by atoms with Crippen molar-refractivity contribution < 1.29 is 28.5 Å². The van der Waals surface area contributed by atoms with Gasteiger partial charge in [-0.05, 0) is 125 Å². The Kier molecular flexibility index (Phi) is 19.9. The first-order valence-electron chi connectivity index (χ1n) is 30.5. The number of nitrogens with zero attached hydrogens (tertiary/aromatic N) is 10. The molecule has 9 heterocycles. The van der Waals surface area contributed by atoms with Gasteiger partial charge in [0.05, 0.1) is 75.4 Å². The number of piperidine rings is 1. The van der Waals surface area contributed by atoms with Crippen molar-refractivity contribution in [2.75, 3.05) is 152 Å². The number of carbonyl (C=O) groups excluding carboxylic acids is 1. The summed E-state index contributed by atoms with van der Waals surface area (Å²) in [6.45, 7) is 12.7. The lowest BCUT2D eigenvalue weighted by Crippen LogP contribution is -2.55. The molecule has 3 aromatic carbocycles. The molecule has 0 amide bonds. The summed E-state index contributed by atoms with van der Waals surface area (Å²) in [6, 6.07) is 25.2. The van der Waals surface area contributed by atoms with Crippen LogP contribution in [0.4, 0.5) is 69.4 Å². The van der Waals surface area contributed by atoms with E-state index in [9.17, 15) is 4.79 Å². The fourth-order valence-corrected chi connectivity index (χ4v) is 13.0. The summed E-state index contributed by atoms with van der Waals surface area (Å²) in [4.78, 5) is 49.3. The second-order valence-electron chi connectivity index (χ2n) is 23.3. The maximum atomic E-state index is 12.2. The van der Waals surface area contributed by atoms with Crippen molar-refractivity contribution >= 4 is 110 Å². The molecule has 3 aromatic heterocycles. The number of esters is 1. The predicted molar refractivity (Wildman–Crippen MR) is 343 cm³/mol. The Bertz CT molecular complexity index is 3240. The van der Waals surface area contributed by atoms with E-state index < -0.39 is 0 Å². The lowest BCUT2D eigenvalue weighted by Gasteiger charge is -2.44. The quantitative estimate of drug-likeness (QED) is 0.0348. The van der Waals surface area contributed by atoms with Crippen molar-refractivity contribution in [3.63, 3.8) is 0 Å². The maximum Gasteiger partial charge on any atom is 0.309 e. The molecule has 6 fully saturated rings. The van der Waals surface area contributed by atoms with E-state index in [0.29, 0.717) is 102 Å². The van der Waals surface area contributed by atoms with Gasteiger partial charge in [0.25, 0.3) is 0 Å². The normalized spacial score (nSPS) is 23.6. The van der Waals surface area contributed by atoms with E-state index >= 15 is 0 Å². The number of ether oxygens (including phenoxy) is 5. The summed E-state index contributed by atoms with van der Waals surface area (Å²) >= 11 is 19.7. The van der Waals surface area contributed by atoms with Gasteiger partial charge in [-0.3, -0.25) is 4.79 Å². The third kappa shape index (κ3) is 15.6. The average Bonchev–Trinajstić information content (AvgIpc) is 3.75. The number of benzene rings is 3. The van der Waals surface area contributed by atoms with Crippen molar-refractivity contribution in [1.29, 1.82) is 0 Å². The number of morpholine rings is 1. The molecule has 4 unspecified atom stereocenters. The number of rotatable bonds is 22. The standard InChI is InChI=1S/C62H77Cl3N16O6/c1-3-83-59(82)39-18-20-79(21-19-39)45-12-6-42(7-13-45)72-61-70-33-52(64)57(76-61)67-30-49-27-40(37-86-49)54-35-78(2)22-23-81(54)47-16-10-44(11-17-47)74-62-71-34-53(65)58(77-62)68-31-50-28-41(38-87-50)55-36-80(24-26-85-55)46-14-8-43(9-15-46)73-60-69-32-51(63)56(75-60)66-29-48-5-4-25-84-48/h6-17,32-34,39-41,48-50,54-55H,3-5,18-31,35-38H2,1-2H3,(H2,66,69,73,75)(H2,67,70,72,76)(H2,68,71,74,77)/t40?,41?,48-,49-,50-,54?,55?/m0/s1. The van der Waals surface area contributed by atoms with Crippen LogP contribution >= 0.6 is 34.8 Å². The first-order valence-corrected chi connectivity index (χ1v) is 31.6. The number of anilines is 12. The fourth-order valence-electron chi connectivity index (χ4n) is 12.5. The molecule has 87 heavy (non-hydrogen) atoms. The molecule has 22 nitrogen and oxygen atoms in total. The van der Waals surface area contributed by atoms with E-state index in [-0.39, 0.29) is 48.3 Å². The summed E-state index contributed by atoms with van der Waals surface area (Å²) in [5.74, 6) is 3.46. The van der Waals surface area contributed by atoms with Crippen LogP contribution in [-0.2, 0) is 28.5 Å². The number of aromatic nitrogens is 6. The molecule has 12 rings (SSSR count). The van der Waals surface area contributed by atoms with Crippen molar-refractivity contribution in [3.8, 4) is 0 Å². The summed E-state index contributed by atoms with van der Waals surface area (Å²) in [5.41, 5.74) is 5.98. The highest BCUT2D eigenvalue weighted by molar-refractivity contribution is 6.33. The Morgan fingerprint density at radius 1 is 0.563 bits per heavy atom. The maximum absolute atomic E-state index is 12.2. The zero-order chi connectivity index (χ0) is 59.6. The van der Waals surface area contributed by atoms with E-state index in [1.165, 1.54) is 0 Å². The van der Waals surface area contributed by atoms with Crippen LogP contribution in [0.5, 0.6) is 0 Å². The van der Waals surface area contributed by atoms with E-state index in [4.69, 9.17) is 68.5 Å². The van der Waals surface area contributed by atoms with Crippen LogP contribution in [0.25, 0.3) is 0 Å². The molecule has 7 atom stereocenters. The minimum Gasteiger partial charge on any atom is -0.466 e. The summed E-state index contributed by atoms with van der Waals surface area (Å²) < 4.78 is 30.1. The molecular formula is C62H77Cl3N16O6. The van der Waals surface area contributed by atoms with Gasteiger partial charge >= 0.3 is 5.97 Å². The molecule has 6 saturated heterocycles.